The Labute approximate surface area is 205 Å². The van der Waals surface area contributed by atoms with Crippen LogP contribution < -0.4 is 4.74 Å². The van der Waals surface area contributed by atoms with Crippen molar-refractivity contribution in [2.75, 3.05) is 19.7 Å². The molecule has 3 heterocycles. The first kappa shape index (κ1) is 22.8. The number of pyridine rings is 1. The van der Waals surface area contributed by atoms with E-state index in [1.807, 2.05) is 91.7 Å². The second kappa shape index (κ2) is 10.1. The Morgan fingerprint density at radius 2 is 1.91 bits per heavy atom. The molecule has 1 fully saturated rings. The first-order valence-corrected chi connectivity index (χ1v) is 11.7. The van der Waals surface area contributed by atoms with Gasteiger partial charge in [0.2, 0.25) is 5.88 Å². The van der Waals surface area contributed by atoms with Gasteiger partial charge < -0.3 is 18.9 Å². The number of hydrogen-bond donors (Lipinski definition) is 0. The molecule has 2 aromatic heterocycles. The molecule has 35 heavy (non-hydrogen) atoms. The third-order valence-corrected chi connectivity index (χ3v) is 6.12. The molecule has 0 aliphatic carbocycles. The second-order valence-electron chi connectivity index (χ2n) is 8.73. The number of imidazole rings is 1. The molecular weight excluding hydrogens is 440 g/mol. The van der Waals surface area contributed by atoms with Crippen LogP contribution in [0.3, 0.4) is 0 Å². The predicted octanol–water partition coefficient (Wildman–Crippen LogP) is 4.95. The lowest BCUT2D eigenvalue weighted by molar-refractivity contribution is -0.0248. The topological polar surface area (TPSA) is 69.5 Å². The molecule has 5 rings (SSSR count). The molecule has 0 saturated carbocycles. The Morgan fingerprint density at radius 3 is 2.71 bits per heavy atom. The van der Waals surface area contributed by atoms with Gasteiger partial charge in [0.1, 0.15) is 17.7 Å². The van der Waals surface area contributed by atoms with Crippen molar-refractivity contribution in [2.24, 2.45) is 0 Å². The van der Waals surface area contributed by atoms with Crippen LogP contribution in [-0.4, -0.2) is 45.0 Å². The van der Waals surface area contributed by atoms with Gasteiger partial charge in [0.25, 0.3) is 5.91 Å². The lowest BCUT2D eigenvalue weighted by Gasteiger charge is -2.33. The van der Waals surface area contributed by atoms with Gasteiger partial charge in [-0.05, 0) is 49.7 Å². The average Bonchev–Trinajstić information content (AvgIpc) is 3.29. The van der Waals surface area contributed by atoms with Crippen LogP contribution in [0.15, 0.2) is 79.1 Å². The van der Waals surface area contributed by atoms with E-state index in [2.05, 4.69) is 14.5 Å². The summed E-state index contributed by atoms with van der Waals surface area (Å²) < 4.78 is 14.0. The predicted molar refractivity (Wildman–Crippen MR) is 133 cm³/mol. The maximum Gasteiger partial charge on any atom is 0.254 e. The first-order chi connectivity index (χ1) is 17.0. The van der Waals surface area contributed by atoms with Crippen molar-refractivity contribution in [3.8, 4) is 11.6 Å². The maximum absolute atomic E-state index is 13.3. The Kier molecular flexibility index (Phi) is 6.59. The van der Waals surface area contributed by atoms with Crippen LogP contribution in [0, 0.1) is 13.8 Å². The molecule has 1 aliphatic heterocycles. The molecule has 7 nitrogen and oxygen atoms in total. The van der Waals surface area contributed by atoms with Crippen molar-refractivity contribution in [1.29, 1.82) is 0 Å². The normalized spacial score (nSPS) is 15.7. The number of nitrogens with zero attached hydrogens (tertiary/aromatic N) is 4. The Balaban J connectivity index is 1.28. The molecular formula is C28H28N4O3. The van der Waals surface area contributed by atoms with Crippen LogP contribution >= 0.6 is 0 Å². The van der Waals surface area contributed by atoms with Gasteiger partial charge >= 0.3 is 0 Å². The van der Waals surface area contributed by atoms with E-state index in [4.69, 9.17) is 9.47 Å². The number of rotatable bonds is 6. The standard InChI is InChI=1S/C28H28N4O3/c1-20-9-11-24(12-10-20)35-27-8-4-7-25(30-27)26-19-32(15-16-34-26)28(33)23-6-3-5-22(17-23)18-31-14-13-29-21(31)2/h3-14,17,26H,15-16,18-19H2,1-2H3/t26-/m0/s1. The van der Waals surface area contributed by atoms with Crippen LogP contribution in [0.2, 0.25) is 0 Å². The molecule has 1 atom stereocenters. The summed E-state index contributed by atoms with van der Waals surface area (Å²) in [6, 6.07) is 21.3. The Hall–Kier alpha value is -3.97. The number of carbonyl (C=O) groups is 1. The van der Waals surface area contributed by atoms with Crippen molar-refractivity contribution < 1.29 is 14.3 Å². The summed E-state index contributed by atoms with van der Waals surface area (Å²) in [5.74, 6) is 2.17. The van der Waals surface area contributed by atoms with Crippen LogP contribution in [0.4, 0.5) is 0 Å². The largest absolute Gasteiger partial charge is 0.439 e. The third kappa shape index (κ3) is 5.41. The summed E-state index contributed by atoms with van der Waals surface area (Å²) in [7, 11) is 0. The minimum absolute atomic E-state index is 0.00503. The number of hydrogen-bond acceptors (Lipinski definition) is 5. The zero-order valence-corrected chi connectivity index (χ0v) is 19.9. The van der Waals surface area contributed by atoms with Gasteiger partial charge in [0, 0.05) is 37.1 Å². The van der Waals surface area contributed by atoms with Gasteiger partial charge in [0.15, 0.2) is 0 Å². The van der Waals surface area contributed by atoms with Gasteiger partial charge in [-0.15, -0.1) is 0 Å². The summed E-state index contributed by atoms with van der Waals surface area (Å²) in [5, 5.41) is 0. The van der Waals surface area contributed by atoms with Crippen LogP contribution in [-0.2, 0) is 11.3 Å². The molecule has 7 heteroatoms. The van der Waals surface area contributed by atoms with Crippen molar-refractivity contribution >= 4 is 5.91 Å². The Bertz CT molecular complexity index is 1320. The fourth-order valence-corrected chi connectivity index (χ4v) is 4.16. The van der Waals surface area contributed by atoms with Crippen LogP contribution in [0.5, 0.6) is 11.6 Å². The Morgan fingerprint density at radius 1 is 1.09 bits per heavy atom. The van der Waals surface area contributed by atoms with Gasteiger partial charge in [-0.2, -0.15) is 0 Å². The smallest absolute Gasteiger partial charge is 0.254 e. The van der Waals surface area contributed by atoms with E-state index >= 15 is 0 Å². The summed E-state index contributed by atoms with van der Waals surface area (Å²) in [4.78, 5) is 24.1. The lowest BCUT2D eigenvalue weighted by Crippen LogP contribution is -2.42. The summed E-state index contributed by atoms with van der Waals surface area (Å²) in [6.07, 6.45) is 3.42. The lowest BCUT2D eigenvalue weighted by atomic mass is 10.1. The highest BCUT2D eigenvalue weighted by molar-refractivity contribution is 5.94. The third-order valence-electron chi connectivity index (χ3n) is 6.12. The molecule has 1 amide bonds. The molecule has 0 unspecified atom stereocenters. The van der Waals surface area contributed by atoms with Crippen molar-refractivity contribution in [2.45, 2.75) is 26.5 Å². The monoisotopic (exact) mass is 468 g/mol. The number of morpholine rings is 1. The zero-order chi connectivity index (χ0) is 24.2. The second-order valence-corrected chi connectivity index (χ2v) is 8.73. The van der Waals surface area contributed by atoms with E-state index in [0.717, 1.165) is 22.8 Å². The van der Waals surface area contributed by atoms with Gasteiger partial charge in [-0.25, -0.2) is 9.97 Å². The molecule has 0 radical (unpaired) electrons. The molecule has 2 aromatic carbocycles. The number of carbonyl (C=O) groups excluding carboxylic acids is 1. The first-order valence-electron chi connectivity index (χ1n) is 11.7. The zero-order valence-electron chi connectivity index (χ0n) is 19.9. The van der Waals surface area contributed by atoms with Crippen molar-refractivity contribution in [3.63, 3.8) is 0 Å². The van der Waals surface area contributed by atoms with E-state index in [1.165, 1.54) is 5.56 Å². The van der Waals surface area contributed by atoms with Gasteiger partial charge in [-0.3, -0.25) is 4.79 Å². The van der Waals surface area contributed by atoms with E-state index in [-0.39, 0.29) is 12.0 Å². The van der Waals surface area contributed by atoms with E-state index < -0.39 is 0 Å². The van der Waals surface area contributed by atoms with Crippen LogP contribution in [0.1, 0.15) is 39.1 Å². The maximum atomic E-state index is 13.3. The van der Waals surface area contributed by atoms with Crippen molar-refractivity contribution in [3.05, 3.63) is 107 Å². The molecule has 0 spiro atoms. The number of aryl methyl sites for hydroxylation is 2. The fourth-order valence-electron chi connectivity index (χ4n) is 4.16. The molecule has 0 bridgehead atoms. The summed E-state index contributed by atoms with van der Waals surface area (Å²) in [5.41, 5.74) is 3.65. The molecule has 1 saturated heterocycles. The summed E-state index contributed by atoms with van der Waals surface area (Å²) >= 11 is 0. The van der Waals surface area contributed by atoms with Crippen molar-refractivity contribution in [1.82, 2.24) is 19.4 Å². The molecule has 4 aromatic rings. The van der Waals surface area contributed by atoms with Gasteiger partial charge in [0.05, 0.1) is 18.8 Å². The highest BCUT2D eigenvalue weighted by atomic mass is 16.5. The summed E-state index contributed by atoms with van der Waals surface area (Å²) in [6.45, 7) is 6.11. The highest BCUT2D eigenvalue weighted by Crippen LogP contribution is 2.26. The number of aromatic nitrogens is 3. The van der Waals surface area contributed by atoms with E-state index in [1.54, 1.807) is 6.20 Å². The minimum atomic E-state index is -0.314. The molecule has 0 N–H and O–H groups in total. The molecule has 1 aliphatic rings. The highest BCUT2D eigenvalue weighted by Gasteiger charge is 2.27. The van der Waals surface area contributed by atoms with E-state index in [0.29, 0.717) is 37.7 Å². The average molecular weight is 469 g/mol. The number of benzene rings is 2. The minimum Gasteiger partial charge on any atom is -0.439 e. The number of amides is 1. The fraction of sp³-hybridized carbons (Fsp3) is 0.250. The van der Waals surface area contributed by atoms with Gasteiger partial charge in [-0.1, -0.05) is 35.9 Å². The number of ether oxygens (including phenoxy) is 2. The molecule has 178 valence electrons. The van der Waals surface area contributed by atoms with E-state index in [9.17, 15) is 4.79 Å². The quantitative estimate of drug-likeness (QED) is 0.401. The SMILES string of the molecule is Cc1ccc(Oc2cccc([C@@H]3CN(C(=O)c4cccc(Cn5ccnc5C)c4)CCO3)n2)cc1. The van der Waals surface area contributed by atoms with Crippen LogP contribution in [0.25, 0.3) is 0 Å².